The number of hydrogen-bond acceptors (Lipinski definition) is 4. The van der Waals surface area contributed by atoms with E-state index >= 15 is 0 Å². The number of primary amides is 1. The molecule has 0 radical (unpaired) electrons. The van der Waals surface area contributed by atoms with E-state index < -0.39 is 35.7 Å². The topological polar surface area (TPSA) is 136 Å². The third-order valence-corrected chi connectivity index (χ3v) is 3.66. The van der Waals surface area contributed by atoms with Crippen LogP contribution in [0.2, 0.25) is 0 Å². The Labute approximate surface area is 121 Å². The van der Waals surface area contributed by atoms with Crippen molar-refractivity contribution in [2.75, 3.05) is 5.73 Å². The zero-order valence-corrected chi connectivity index (χ0v) is 11.3. The van der Waals surface area contributed by atoms with E-state index in [4.69, 9.17) is 16.6 Å². The maximum atomic E-state index is 12.4. The first-order chi connectivity index (χ1) is 9.85. The van der Waals surface area contributed by atoms with Gasteiger partial charge in [0.25, 0.3) is 0 Å². The second kappa shape index (κ2) is 5.43. The maximum absolute atomic E-state index is 12.4. The van der Waals surface area contributed by atoms with Crippen LogP contribution in [0.25, 0.3) is 0 Å². The van der Waals surface area contributed by atoms with Gasteiger partial charge < -0.3 is 21.9 Å². The second-order valence-electron chi connectivity index (χ2n) is 5.24. The maximum Gasteiger partial charge on any atom is 0.326 e. The number of carboxylic acids is 1. The third-order valence-electron chi connectivity index (χ3n) is 3.66. The molecule has 0 aliphatic heterocycles. The van der Waals surface area contributed by atoms with E-state index in [1.807, 2.05) is 0 Å². The van der Waals surface area contributed by atoms with E-state index in [0.717, 1.165) is 5.56 Å². The van der Waals surface area contributed by atoms with Crippen molar-refractivity contribution in [3.63, 3.8) is 0 Å². The minimum absolute atomic E-state index is 0.402. The van der Waals surface area contributed by atoms with Gasteiger partial charge in [-0.1, -0.05) is 12.1 Å². The standard InChI is InChI=1S/C14H17N3O4/c15-9-3-1-8(2-4-9)14(5-6-14)13(21)17-10(12(19)20)7-11(16)18/h1-4,10H,5-7,15H2,(H2,16,18)(H,17,21)(H,19,20)/t10-/m1/s1. The molecule has 7 heteroatoms. The molecule has 0 spiro atoms. The molecule has 1 aliphatic rings. The number of nitrogens with one attached hydrogen (secondary N) is 1. The lowest BCUT2D eigenvalue weighted by molar-refractivity contribution is -0.143. The van der Waals surface area contributed by atoms with Crippen LogP contribution in [0.15, 0.2) is 24.3 Å². The van der Waals surface area contributed by atoms with E-state index in [0.29, 0.717) is 18.5 Å². The number of nitrogens with two attached hydrogens (primary N) is 2. The summed E-state index contributed by atoms with van der Waals surface area (Å²) >= 11 is 0. The average molecular weight is 291 g/mol. The molecule has 1 atom stereocenters. The largest absolute Gasteiger partial charge is 0.480 e. The molecule has 6 N–H and O–H groups in total. The number of rotatable bonds is 6. The van der Waals surface area contributed by atoms with Gasteiger partial charge >= 0.3 is 5.97 Å². The molecule has 0 unspecified atom stereocenters. The molecule has 0 heterocycles. The van der Waals surface area contributed by atoms with Gasteiger partial charge in [-0.2, -0.15) is 0 Å². The van der Waals surface area contributed by atoms with Gasteiger partial charge in [0.2, 0.25) is 11.8 Å². The number of benzene rings is 1. The number of nitrogen functional groups attached to an aromatic ring is 1. The Kier molecular flexibility index (Phi) is 3.84. The summed E-state index contributed by atoms with van der Waals surface area (Å²) < 4.78 is 0. The molecule has 7 nitrogen and oxygen atoms in total. The summed E-state index contributed by atoms with van der Waals surface area (Å²) in [6.45, 7) is 0. The number of aliphatic carboxylic acids is 1. The van der Waals surface area contributed by atoms with Crippen LogP contribution in [0, 0.1) is 0 Å². The molecule has 0 bridgehead atoms. The normalized spacial score (nSPS) is 16.8. The summed E-state index contributed by atoms with van der Waals surface area (Å²) in [7, 11) is 0. The summed E-state index contributed by atoms with van der Waals surface area (Å²) in [5.74, 6) is -2.46. The van der Waals surface area contributed by atoms with E-state index in [1.54, 1.807) is 24.3 Å². The lowest BCUT2D eigenvalue weighted by atomic mass is 9.94. The summed E-state index contributed by atoms with van der Waals surface area (Å²) in [5.41, 5.74) is 11.3. The van der Waals surface area contributed by atoms with Gasteiger partial charge in [0.1, 0.15) is 6.04 Å². The van der Waals surface area contributed by atoms with Gasteiger partial charge in [0, 0.05) is 5.69 Å². The number of anilines is 1. The van der Waals surface area contributed by atoms with Crippen LogP contribution < -0.4 is 16.8 Å². The van der Waals surface area contributed by atoms with Crippen molar-refractivity contribution in [1.29, 1.82) is 0 Å². The van der Waals surface area contributed by atoms with Crippen LogP contribution in [-0.2, 0) is 19.8 Å². The molecule has 1 aliphatic carbocycles. The number of carboxylic acid groups (broad SMARTS) is 1. The smallest absolute Gasteiger partial charge is 0.326 e. The molecule has 1 fully saturated rings. The van der Waals surface area contributed by atoms with E-state index in [2.05, 4.69) is 5.32 Å². The number of carbonyl (C=O) groups excluding carboxylic acids is 2. The number of carbonyl (C=O) groups is 3. The van der Waals surface area contributed by atoms with Crippen LogP contribution in [0.5, 0.6) is 0 Å². The fourth-order valence-corrected chi connectivity index (χ4v) is 2.27. The minimum atomic E-state index is -1.30. The van der Waals surface area contributed by atoms with Crippen molar-refractivity contribution in [3.05, 3.63) is 29.8 Å². The molecule has 1 aromatic rings. The van der Waals surface area contributed by atoms with Gasteiger partial charge in [-0.05, 0) is 30.5 Å². The van der Waals surface area contributed by atoms with Crippen molar-refractivity contribution in [1.82, 2.24) is 5.32 Å². The predicted molar refractivity (Wildman–Crippen MR) is 75.1 cm³/mol. The van der Waals surface area contributed by atoms with Crippen molar-refractivity contribution < 1.29 is 19.5 Å². The highest BCUT2D eigenvalue weighted by molar-refractivity contribution is 5.95. The Bertz CT molecular complexity index is 578. The molecule has 2 rings (SSSR count). The average Bonchev–Trinajstić information content (AvgIpc) is 3.19. The molecular formula is C14H17N3O4. The number of hydrogen-bond donors (Lipinski definition) is 4. The highest BCUT2D eigenvalue weighted by Gasteiger charge is 2.51. The molecule has 1 aromatic carbocycles. The Morgan fingerprint density at radius 3 is 2.24 bits per heavy atom. The van der Waals surface area contributed by atoms with Gasteiger partial charge in [-0.3, -0.25) is 9.59 Å². The predicted octanol–water partition coefficient (Wildman–Crippen LogP) is -0.255. The molecule has 1 saturated carbocycles. The van der Waals surface area contributed by atoms with Gasteiger partial charge in [0.05, 0.1) is 11.8 Å². The molecule has 0 saturated heterocycles. The zero-order chi connectivity index (χ0) is 15.6. The monoisotopic (exact) mass is 291 g/mol. The zero-order valence-electron chi connectivity index (χ0n) is 11.3. The first kappa shape index (κ1) is 14.8. The van der Waals surface area contributed by atoms with E-state index in [9.17, 15) is 14.4 Å². The van der Waals surface area contributed by atoms with Crippen LogP contribution in [0.1, 0.15) is 24.8 Å². The fourth-order valence-electron chi connectivity index (χ4n) is 2.27. The van der Waals surface area contributed by atoms with Gasteiger partial charge in [-0.25, -0.2) is 4.79 Å². The minimum Gasteiger partial charge on any atom is -0.480 e. The first-order valence-electron chi connectivity index (χ1n) is 6.53. The fraction of sp³-hybridized carbons (Fsp3) is 0.357. The van der Waals surface area contributed by atoms with Crippen molar-refractivity contribution in [2.45, 2.75) is 30.7 Å². The van der Waals surface area contributed by atoms with Gasteiger partial charge in [-0.15, -0.1) is 0 Å². The highest BCUT2D eigenvalue weighted by atomic mass is 16.4. The quantitative estimate of drug-likeness (QED) is 0.536. The number of amides is 2. The first-order valence-corrected chi connectivity index (χ1v) is 6.53. The Morgan fingerprint density at radius 2 is 1.81 bits per heavy atom. The van der Waals surface area contributed by atoms with Crippen LogP contribution in [0.3, 0.4) is 0 Å². The van der Waals surface area contributed by atoms with Gasteiger partial charge in [0.15, 0.2) is 0 Å². The van der Waals surface area contributed by atoms with Crippen LogP contribution in [-0.4, -0.2) is 28.9 Å². The molecule has 112 valence electrons. The molecule has 21 heavy (non-hydrogen) atoms. The highest BCUT2D eigenvalue weighted by Crippen LogP contribution is 2.48. The molecule has 0 aromatic heterocycles. The molecular weight excluding hydrogens is 274 g/mol. The third kappa shape index (κ3) is 3.13. The lowest BCUT2D eigenvalue weighted by Crippen LogP contribution is -2.47. The molecule has 2 amide bonds. The van der Waals surface area contributed by atoms with Crippen molar-refractivity contribution >= 4 is 23.5 Å². The lowest BCUT2D eigenvalue weighted by Gasteiger charge is -2.19. The Balaban J connectivity index is 2.13. The van der Waals surface area contributed by atoms with E-state index in [1.165, 1.54) is 0 Å². The van der Waals surface area contributed by atoms with Crippen LogP contribution >= 0.6 is 0 Å². The summed E-state index contributed by atoms with van der Waals surface area (Å²) in [6, 6.07) is 5.60. The SMILES string of the molecule is NC(=O)C[C@@H](NC(=O)C1(c2ccc(N)cc2)CC1)C(=O)O. The summed E-state index contributed by atoms with van der Waals surface area (Å²) in [4.78, 5) is 34.3. The second-order valence-corrected chi connectivity index (χ2v) is 5.24. The van der Waals surface area contributed by atoms with E-state index in [-0.39, 0.29) is 0 Å². The summed E-state index contributed by atoms with van der Waals surface area (Å²) in [5, 5.41) is 11.4. The van der Waals surface area contributed by atoms with Crippen molar-refractivity contribution in [2.24, 2.45) is 5.73 Å². The van der Waals surface area contributed by atoms with Crippen molar-refractivity contribution in [3.8, 4) is 0 Å². The van der Waals surface area contributed by atoms with Crippen LogP contribution in [0.4, 0.5) is 5.69 Å². The Morgan fingerprint density at radius 1 is 1.24 bits per heavy atom. The summed E-state index contributed by atoms with van der Waals surface area (Å²) in [6.07, 6.45) is 0.830. The Hall–Kier alpha value is -2.57.